The number of aromatic amines is 1. The first kappa shape index (κ1) is 12.9. The number of nitrogens with two attached hydrogens (primary N) is 1. The maximum absolute atomic E-state index is 12.1. The van der Waals surface area contributed by atoms with E-state index in [1.807, 2.05) is 6.92 Å². The predicted octanol–water partition coefficient (Wildman–Crippen LogP) is 1.83. The minimum Gasteiger partial charge on any atom is -0.399 e. The van der Waals surface area contributed by atoms with Gasteiger partial charge in [-0.05, 0) is 24.6 Å². The lowest BCUT2D eigenvalue weighted by molar-refractivity contribution is 0.579. The SMILES string of the molecule is CCCCNS(=O)(=O)c1c[nH]c2cc(N)ccc12. The average molecular weight is 267 g/mol. The summed E-state index contributed by atoms with van der Waals surface area (Å²) in [4.78, 5) is 3.20. The molecule has 0 spiro atoms. The number of H-pyrrole nitrogens is 1. The van der Waals surface area contributed by atoms with E-state index in [0.717, 1.165) is 18.4 Å². The van der Waals surface area contributed by atoms with Gasteiger partial charge in [-0.25, -0.2) is 13.1 Å². The van der Waals surface area contributed by atoms with E-state index in [9.17, 15) is 8.42 Å². The van der Waals surface area contributed by atoms with Crippen LogP contribution in [0.2, 0.25) is 0 Å². The highest BCUT2D eigenvalue weighted by Crippen LogP contribution is 2.24. The molecule has 0 atom stereocenters. The Balaban J connectivity index is 2.36. The molecule has 0 aliphatic heterocycles. The average Bonchev–Trinajstić information content (AvgIpc) is 2.72. The topological polar surface area (TPSA) is 88.0 Å². The van der Waals surface area contributed by atoms with Crippen molar-refractivity contribution in [1.82, 2.24) is 9.71 Å². The van der Waals surface area contributed by atoms with E-state index in [0.29, 0.717) is 17.6 Å². The molecule has 98 valence electrons. The molecule has 2 rings (SSSR count). The molecule has 1 heterocycles. The highest BCUT2D eigenvalue weighted by atomic mass is 32.2. The normalized spacial score (nSPS) is 12.1. The lowest BCUT2D eigenvalue weighted by Gasteiger charge is -2.04. The summed E-state index contributed by atoms with van der Waals surface area (Å²) in [5, 5.41) is 0.660. The van der Waals surface area contributed by atoms with Gasteiger partial charge in [-0.2, -0.15) is 0 Å². The van der Waals surface area contributed by atoms with E-state index in [4.69, 9.17) is 5.73 Å². The van der Waals surface area contributed by atoms with Crippen molar-refractivity contribution in [3.8, 4) is 0 Å². The molecule has 0 aliphatic rings. The second-order valence-corrected chi connectivity index (χ2v) is 5.94. The molecular weight excluding hydrogens is 250 g/mol. The molecule has 6 heteroatoms. The number of hydrogen-bond acceptors (Lipinski definition) is 3. The summed E-state index contributed by atoms with van der Waals surface area (Å²) >= 11 is 0. The van der Waals surface area contributed by atoms with Crippen molar-refractivity contribution < 1.29 is 8.42 Å². The summed E-state index contributed by atoms with van der Waals surface area (Å²) in [6.45, 7) is 2.48. The lowest BCUT2D eigenvalue weighted by atomic mass is 10.2. The molecule has 0 amide bonds. The first-order valence-corrected chi connectivity index (χ1v) is 7.39. The molecule has 5 nitrogen and oxygen atoms in total. The number of unbranched alkanes of at least 4 members (excludes halogenated alkanes) is 1. The zero-order valence-corrected chi connectivity index (χ0v) is 11.0. The molecule has 0 fully saturated rings. The summed E-state index contributed by atoms with van der Waals surface area (Å²) in [5.74, 6) is 0. The largest absolute Gasteiger partial charge is 0.399 e. The van der Waals surface area contributed by atoms with Crippen molar-refractivity contribution >= 4 is 26.6 Å². The number of nitrogen functional groups attached to an aromatic ring is 1. The molecular formula is C12H17N3O2S. The number of fused-ring (bicyclic) bond motifs is 1. The van der Waals surface area contributed by atoms with Gasteiger partial charge in [-0.1, -0.05) is 13.3 Å². The molecule has 0 bridgehead atoms. The molecule has 4 N–H and O–H groups in total. The molecule has 2 aromatic rings. The number of rotatable bonds is 5. The van der Waals surface area contributed by atoms with Gasteiger partial charge in [0, 0.05) is 29.3 Å². The van der Waals surface area contributed by atoms with Crippen LogP contribution in [0, 0.1) is 0 Å². The smallest absolute Gasteiger partial charge is 0.242 e. The second-order valence-electron chi connectivity index (χ2n) is 4.21. The molecule has 0 saturated heterocycles. The summed E-state index contributed by atoms with van der Waals surface area (Å²) < 4.78 is 26.8. The van der Waals surface area contributed by atoms with Gasteiger partial charge in [0.15, 0.2) is 0 Å². The Morgan fingerprint density at radius 2 is 2.17 bits per heavy atom. The Bertz CT molecular complexity index is 646. The number of nitrogens with one attached hydrogen (secondary N) is 2. The number of hydrogen-bond donors (Lipinski definition) is 3. The number of aromatic nitrogens is 1. The fourth-order valence-electron chi connectivity index (χ4n) is 1.80. The number of benzene rings is 1. The highest BCUT2D eigenvalue weighted by Gasteiger charge is 2.18. The van der Waals surface area contributed by atoms with Crippen molar-refractivity contribution in [3.63, 3.8) is 0 Å². The zero-order chi connectivity index (χ0) is 13.2. The number of anilines is 1. The van der Waals surface area contributed by atoms with Crippen molar-refractivity contribution in [2.45, 2.75) is 24.7 Å². The number of sulfonamides is 1. The van der Waals surface area contributed by atoms with Crippen LogP contribution in [0.5, 0.6) is 0 Å². The third-order valence-electron chi connectivity index (χ3n) is 2.78. The van der Waals surface area contributed by atoms with E-state index >= 15 is 0 Å². The predicted molar refractivity (Wildman–Crippen MR) is 72.8 cm³/mol. The Morgan fingerprint density at radius 1 is 1.39 bits per heavy atom. The van der Waals surface area contributed by atoms with Crippen LogP contribution in [0.3, 0.4) is 0 Å². The molecule has 1 aromatic carbocycles. The van der Waals surface area contributed by atoms with Gasteiger partial charge >= 0.3 is 0 Å². The Hall–Kier alpha value is -1.53. The first-order valence-electron chi connectivity index (χ1n) is 5.91. The summed E-state index contributed by atoms with van der Waals surface area (Å²) in [7, 11) is -3.45. The van der Waals surface area contributed by atoms with Crippen LogP contribution in [0.4, 0.5) is 5.69 Å². The fraction of sp³-hybridized carbons (Fsp3) is 0.333. The quantitative estimate of drug-likeness (QED) is 0.570. The van der Waals surface area contributed by atoms with E-state index < -0.39 is 10.0 Å². The highest BCUT2D eigenvalue weighted by molar-refractivity contribution is 7.89. The van der Waals surface area contributed by atoms with Crippen molar-refractivity contribution in [2.24, 2.45) is 0 Å². The summed E-state index contributed by atoms with van der Waals surface area (Å²) in [6.07, 6.45) is 3.28. The van der Waals surface area contributed by atoms with Gasteiger partial charge in [0.1, 0.15) is 4.90 Å². The standard InChI is InChI=1S/C12H17N3O2S/c1-2-3-6-15-18(16,17)12-8-14-11-7-9(13)4-5-10(11)12/h4-5,7-8,14-15H,2-3,6,13H2,1H3. The lowest BCUT2D eigenvalue weighted by Crippen LogP contribution is -2.24. The van der Waals surface area contributed by atoms with Gasteiger partial charge in [0.2, 0.25) is 10.0 Å². The summed E-state index contributed by atoms with van der Waals surface area (Å²) in [6, 6.07) is 5.14. The minimum absolute atomic E-state index is 0.272. The van der Waals surface area contributed by atoms with Crippen molar-refractivity contribution in [2.75, 3.05) is 12.3 Å². The van der Waals surface area contributed by atoms with E-state index in [1.165, 1.54) is 6.20 Å². The molecule has 0 radical (unpaired) electrons. The van der Waals surface area contributed by atoms with Gasteiger partial charge in [0.05, 0.1) is 0 Å². The molecule has 18 heavy (non-hydrogen) atoms. The van der Waals surface area contributed by atoms with E-state index in [1.54, 1.807) is 18.2 Å². The second kappa shape index (κ2) is 4.99. The maximum Gasteiger partial charge on any atom is 0.242 e. The van der Waals surface area contributed by atoms with Crippen LogP contribution in [0.1, 0.15) is 19.8 Å². The van der Waals surface area contributed by atoms with E-state index in [2.05, 4.69) is 9.71 Å². The first-order chi connectivity index (χ1) is 8.54. The molecule has 1 aromatic heterocycles. The van der Waals surface area contributed by atoms with Crippen LogP contribution in [-0.4, -0.2) is 19.9 Å². The van der Waals surface area contributed by atoms with Gasteiger partial charge < -0.3 is 10.7 Å². The van der Waals surface area contributed by atoms with Crippen LogP contribution in [-0.2, 0) is 10.0 Å². The van der Waals surface area contributed by atoms with Crippen LogP contribution < -0.4 is 10.5 Å². The van der Waals surface area contributed by atoms with Crippen LogP contribution in [0.25, 0.3) is 10.9 Å². The van der Waals surface area contributed by atoms with Crippen LogP contribution in [0.15, 0.2) is 29.3 Å². The van der Waals surface area contributed by atoms with Gasteiger partial charge in [-0.15, -0.1) is 0 Å². The van der Waals surface area contributed by atoms with Crippen LogP contribution >= 0.6 is 0 Å². The third-order valence-corrected chi connectivity index (χ3v) is 4.28. The van der Waals surface area contributed by atoms with Crippen molar-refractivity contribution in [3.05, 3.63) is 24.4 Å². The third kappa shape index (κ3) is 2.49. The molecule has 0 saturated carbocycles. The monoisotopic (exact) mass is 267 g/mol. The molecule has 0 unspecified atom stereocenters. The van der Waals surface area contributed by atoms with Gasteiger partial charge in [0.25, 0.3) is 0 Å². The molecule has 0 aliphatic carbocycles. The van der Waals surface area contributed by atoms with E-state index in [-0.39, 0.29) is 4.90 Å². The van der Waals surface area contributed by atoms with Crippen molar-refractivity contribution in [1.29, 1.82) is 0 Å². The zero-order valence-electron chi connectivity index (χ0n) is 10.2. The Kier molecular flexibility index (Phi) is 3.58. The maximum atomic E-state index is 12.1. The van der Waals surface area contributed by atoms with Gasteiger partial charge in [-0.3, -0.25) is 0 Å². The fourth-order valence-corrected chi connectivity index (χ4v) is 3.05. The minimum atomic E-state index is -3.45. The summed E-state index contributed by atoms with van der Waals surface area (Å²) in [5.41, 5.74) is 6.99. The Labute approximate surface area is 106 Å². The Morgan fingerprint density at radius 3 is 2.89 bits per heavy atom.